The van der Waals surface area contributed by atoms with E-state index >= 15 is 0 Å². The first-order valence-corrected chi connectivity index (χ1v) is 7.85. The van der Waals surface area contributed by atoms with Crippen LogP contribution in [-0.2, 0) is 13.1 Å². The van der Waals surface area contributed by atoms with Crippen LogP contribution in [0.1, 0.15) is 11.1 Å². The maximum atomic E-state index is 5.87. The van der Waals surface area contributed by atoms with Crippen molar-refractivity contribution in [2.75, 3.05) is 7.11 Å². The molecule has 4 heteroatoms. The molecule has 0 saturated carbocycles. The Morgan fingerprint density at radius 1 is 0.833 bits per heavy atom. The number of hydrogen-bond donors (Lipinski definition) is 1. The molecule has 3 rings (SSSR count). The molecule has 0 aliphatic rings. The lowest BCUT2D eigenvalue weighted by Crippen LogP contribution is -2.13. The van der Waals surface area contributed by atoms with Crippen LogP contribution >= 0.6 is 0 Å². The summed E-state index contributed by atoms with van der Waals surface area (Å²) < 4.78 is 11.0. The molecular weight excluding hydrogens is 300 g/mol. The van der Waals surface area contributed by atoms with Crippen LogP contribution in [0.5, 0.6) is 17.4 Å². The summed E-state index contributed by atoms with van der Waals surface area (Å²) in [7, 11) is 1.67. The van der Waals surface area contributed by atoms with Crippen molar-refractivity contribution in [2.24, 2.45) is 0 Å². The summed E-state index contributed by atoms with van der Waals surface area (Å²) in [6.07, 6.45) is 1.74. The van der Waals surface area contributed by atoms with Crippen molar-refractivity contribution in [1.82, 2.24) is 10.3 Å². The van der Waals surface area contributed by atoms with Crippen molar-refractivity contribution in [1.29, 1.82) is 0 Å². The highest BCUT2D eigenvalue weighted by molar-refractivity contribution is 5.32. The van der Waals surface area contributed by atoms with Gasteiger partial charge in [0.15, 0.2) is 0 Å². The Bertz CT molecular complexity index is 758. The van der Waals surface area contributed by atoms with E-state index in [1.807, 2.05) is 54.6 Å². The van der Waals surface area contributed by atoms with Crippen molar-refractivity contribution in [3.05, 3.63) is 84.1 Å². The van der Waals surface area contributed by atoms with Gasteiger partial charge < -0.3 is 14.8 Å². The fourth-order valence-electron chi connectivity index (χ4n) is 2.34. The predicted molar refractivity (Wildman–Crippen MR) is 94.3 cm³/mol. The van der Waals surface area contributed by atoms with Crippen molar-refractivity contribution >= 4 is 0 Å². The first-order chi connectivity index (χ1) is 11.8. The van der Waals surface area contributed by atoms with E-state index in [0.717, 1.165) is 23.6 Å². The standard InChI is InChI=1S/C20H20N2O2/c1-23-18-11-9-16(10-12-18)14-21-15-17-6-5-13-22-20(17)24-19-7-3-2-4-8-19/h2-13,21H,14-15H2,1H3. The van der Waals surface area contributed by atoms with Gasteiger partial charge in [0.1, 0.15) is 11.5 Å². The normalized spacial score (nSPS) is 10.4. The number of aromatic nitrogens is 1. The summed E-state index contributed by atoms with van der Waals surface area (Å²) in [5, 5.41) is 3.42. The van der Waals surface area contributed by atoms with Gasteiger partial charge in [0, 0.05) is 24.8 Å². The Labute approximate surface area is 142 Å². The van der Waals surface area contributed by atoms with Crippen molar-refractivity contribution in [2.45, 2.75) is 13.1 Å². The van der Waals surface area contributed by atoms with E-state index in [1.165, 1.54) is 5.56 Å². The number of rotatable bonds is 7. The maximum Gasteiger partial charge on any atom is 0.223 e. The molecule has 122 valence electrons. The molecule has 0 radical (unpaired) electrons. The second kappa shape index (κ2) is 8.13. The van der Waals surface area contributed by atoms with Gasteiger partial charge in [0.2, 0.25) is 5.88 Å². The lowest BCUT2D eigenvalue weighted by molar-refractivity contribution is 0.414. The summed E-state index contributed by atoms with van der Waals surface area (Å²) in [6, 6.07) is 21.7. The number of pyridine rings is 1. The average molecular weight is 320 g/mol. The number of hydrogen-bond acceptors (Lipinski definition) is 4. The van der Waals surface area contributed by atoms with Crippen LogP contribution < -0.4 is 14.8 Å². The monoisotopic (exact) mass is 320 g/mol. The molecule has 24 heavy (non-hydrogen) atoms. The van der Waals surface area contributed by atoms with Gasteiger partial charge in [0.05, 0.1) is 7.11 Å². The van der Waals surface area contributed by atoms with Crippen LogP contribution in [0, 0.1) is 0 Å². The first kappa shape index (κ1) is 16.0. The number of ether oxygens (including phenoxy) is 2. The third-order valence-electron chi connectivity index (χ3n) is 3.61. The van der Waals surface area contributed by atoms with Gasteiger partial charge in [-0.05, 0) is 35.9 Å². The highest BCUT2D eigenvalue weighted by Gasteiger charge is 2.06. The fourth-order valence-corrected chi connectivity index (χ4v) is 2.34. The molecule has 2 aromatic carbocycles. The largest absolute Gasteiger partial charge is 0.497 e. The molecule has 1 aromatic heterocycles. The van der Waals surface area contributed by atoms with Crippen LogP contribution in [0.15, 0.2) is 72.9 Å². The summed E-state index contributed by atoms with van der Waals surface area (Å²) in [6.45, 7) is 1.45. The molecule has 0 aliphatic carbocycles. The molecule has 0 spiro atoms. The quantitative estimate of drug-likeness (QED) is 0.709. The van der Waals surface area contributed by atoms with Crippen LogP contribution in [0.2, 0.25) is 0 Å². The lowest BCUT2D eigenvalue weighted by Gasteiger charge is -2.11. The fraction of sp³-hybridized carbons (Fsp3) is 0.150. The third-order valence-corrected chi connectivity index (χ3v) is 3.61. The van der Waals surface area contributed by atoms with Gasteiger partial charge in [-0.3, -0.25) is 0 Å². The Hall–Kier alpha value is -2.85. The smallest absolute Gasteiger partial charge is 0.223 e. The van der Waals surface area contributed by atoms with Crippen LogP contribution in [-0.4, -0.2) is 12.1 Å². The Morgan fingerprint density at radius 2 is 1.62 bits per heavy atom. The second-order valence-corrected chi connectivity index (χ2v) is 5.33. The zero-order valence-electron chi connectivity index (χ0n) is 13.6. The molecule has 0 aliphatic heterocycles. The van der Waals surface area contributed by atoms with Gasteiger partial charge in [-0.25, -0.2) is 4.98 Å². The third kappa shape index (κ3) is 4.33. The van der Waals surface area contributed by atoms with Crippen LogP contribution in [0.25, 0.3) is 0 Å². The minimum Gasteiger partial charge on any atom is -0.497 e. The Kier molecular flexibility index (Phi) is 5.43. The van der Waals surface area contributed by atoms with Crippen molar-refractivity contribution in [3.8, 4) is 17.4 Å². The summed E-state index contributed by atoms with van der Waals surface area (Å²) in [4.78, 5) is 4.34. The van der Waals surface area contributed by atoms with E-state index in [0.29, 0.717) is 12.4 Å². The minimum atomic E-state index is 0.630. The van der Waals surface area contributed by atoms with E-state index < -0.39 is 0 Å². The molecule has 0 fully saturated rings. The number of para-hydroxylation sites is 1. The number of benzene rings is 2. The molecule has 1 N–H and O–H groups in total. The Balaban J connectivity index is 1.60. The molecule has 1 heterocycles. The van der Waals surface area contributed by atoms with Crippen molar-refractivity contribution in [3.63, 3.8) is 0 Å². The molecule has 4 nitrogen and oxygen atoms in total. The zero-order chi connectivity index (χ0) is 16.6. The molecular formula is C20H20N2O2. The highest BCUT2D eigenvalue weighted by Crippen LogP contribution is 2.22. The van der Waals surface area contributed by atoms with Gasteiger partial charge >= 0.3 is 0 Å². The van der Waals surface area contributed by atoms with Crippen LogP contribution in [0.3, 0.4) is 0 Å². The predicted octanol–water partition coefficient (Wildman–Crippen LogP) is 4.17. The lowest BCUT2D eigenvalue weighted by atomic mass is 10.2. The van der Waals surface area contributed by atoms with Gasteiger partial charge in [-0.2, -0.15) is 0 Å². The van der Waals surface area contributed by atoms with E-state index in [1.54, 1.807) is 13.3 Å². The van der Waals surface area contributed by atoms with E-state index in [4.69, 9.17) is 9.47 Å². The molecule has 0 amide bonds. The molecule has 0 saturated heterocycles. The van der Waals surface area contributed by atoms with Gasteiger partial charge in [-0.15, -0.1) is 0 Å². The molecule has 0 unspecified atom stereocenters. The SMILES string of the molecule is COc1ccc(CNCc2cccnc2Oc2ccccc2)cc1. The molecule has 0 bridgehead atoms. The van der Waals surface area contributed by atoms with Crippen molar-refractivity contribution < 1.29 is 9.47 Å². The number of methoxy groups -OCH3 is 1. The molecule has 0 atom stereocenters. The highest BCUT2D eigenvalue weighted by atomic mass is 16.5. The number of nitrogens with one attached hydrogen (secondary N) is 1. The topological polar surface area (TPSA) is 43.4 Å². The second-order valence-electron chi connectivity index (χ2n) is 5.33. The number of nitrogens with zero attached hydrogens (tertiary/aromatic N) is 1. The first-order valence-electron chi connectivity index (χ1n) is 7.85. The molecule has 3 aromatic rings. The van der Waals surface area contributed by atoms with Gasteiger partial charge in [0.25, 0.3) is 0 Å². The zero-order valence-corrected chi connectivity index (χ0v) is 13.6. The summed E-state index contributed by atoms with van der Waals surface area (Å²) in [5.74, 6) is 2.28. The summed E-state index contributed by atoms with van der Waals surface area (Å²) in [5.41, 5.74) is 2.22. The maximum absolute atomic E-state index is 5.87. The van der Waals surface area contributed by atoms with Gasteiger partial charge in [-0.1, -0.05) is 36.4 Å². The summed E-state index contributed by atoms with van der Waals surface area (Å²) >= 11 is 0. The Morgan fingerprint density at radius 3 is 2.38 bits per heavy atom. The minimum absolute atomic E-state index is 0.630. The van der Waals surface area contributed by atoms with E-state index in [-0.39, 0.29) is 0 Å². The van der Waals surface area contributed by atoms with E-state index in [2.05, 4.69) is 22.4 Å². The van der Waals surface area contributed by atoms with E-state index in [9.17, 15) is 0 Å². The van der Waals surface area contributed by atoms with Crippen LogP contribution in [0.4, 0.5) is 0 Å². The average Bonchev–Trinajstić information content (AvgIpc) is 2.64.